The molecule has 1 aromatic carbocycles. The first kappa shape index (κ1) is 15.8. The van der Waals surface area contributed by atoms with Gasteiger partial charge in [0.15, 0.2) is 0 Å². The van der Waals surface area contributed by atoms with Crippen molar-refractivity contribution in [2.75, 3.05) is 6.54 Å². The molecule has 1 N–H and O–H groups in total. The van der Waals surface area contributed by atoms with Crippen molar-refractivity contribution in [3.63, 3.8) is 0 Å². The highest BCUT2D eigenvalue weighted by molar-refractivity contribution is 5.74. The third-order valence-electron chi connectivity index (χ3n) is 3.73. The first-order valence-corrected chi connectivity index (χ1v) is 6.52. The van der Waals surface area contributed by atoms with Gasteiger partial charge in [0.2, 0.25) is 0 Å². The second-order valence-electron chi connectivity index (χ2n) is 5.37. The zero-order valence-corrected chi connectivity index (χ0v) is 11.3. The van der Waals surface area contributed by atoms with E-state index in [-0.39, 0.29) is 18.0 Å². The molecule has 21 heavy (non-hydrogen) atoms. The Balaban J connectivity index is 2.24. The maximum absolute atomic E-state index is 13.3. The summed E-state index contributed by atoms with van der Waals surface area (Å²) >= 11 is 0. The van der Waals surface area contributed by atoms with Gasteiger partial charge in [0.25, 0.3) is 0 Å². The monoisotopic (exact) mass is 305 g/mol. The van der Waals surface area contributed by atoms with Crippen LogP contribution in [0.1, 0.15) is 24.5 Å². The summed E-state index contributed by atoms with van der Waals surface area (Å²) < 4.78 is 51.3. The highest BCUT2D eigenvalue weighted by atomic mass is 19.4. The van der Waals surface area contributed by atoms with E-state index in [1.165, 1.54) is 0 Å². The van der Waals surface area contributed by atoms with Crippen LogP contribution in [0.3, 0.4) is 0 Å². The number of carboxylic acids is 1. The van der Waals surface area contributed by atoms with Crippen molar-refractivity contribution < 1.29 is 27.5 Å². The lowest BCUT2D eigenvalue weighted by molar-refractivity contribution is -0.143. The normalized spacial score (nSPS) is 23.5. The fourth-order valence-corrected chi connectivity index (χ4v) is 2.74. The van der Waals surface area contributed by atoms with E-state index in [9.17, 15) is 27.5 Å². The summed E-state index contributed by atoms with van der Waals surface area (Å²) in [6.07, 6.45) is -3.97. The molecule has 1 saturated heterocycles. The molecule has 2 unspecified atom stereocenters. The van der Waals surface area contributed by atoms with Gasteiger partial charge in [-0.2, -0.15) is 13.2 Å². The molecule has 0 aromatic heterocycles. The minimum atomic E-state index is -4.62. The number of benzene rings is 1. The smallest absolute Gasteiger partial charge is 0.416 e. The van der Waals surface area contributed by atoms with E-state index < -0.39 is 29.6 Å². The minimum Gasteiger partial charge on any atom is -0.480 e. The van der Waals surface area contributed by atoms with Crippen molar-refractivity contribution in [1.29, 1.82) is 0 Å². The molecule has 0 amide bonds. The number of nitrogens with zero attached hydrogens (tertiary/aromatic N) is 1. The summed E-state index contributed by atoms with van der Waals surface area (Å²) in [4.78, 5) is 12.8. The minimum absolute atomic E-state index is 0.0118. The Morgan fingerprint density at radius 1 is 1.38 bits per heavy atom. The summed E-state index contributed by atoms with van der Waals surface area (Å²) in [6, 6.07) is 1.56. The van der Waals surface area contributed by atoms with Gasteiger partial charge in [0.1, 0.15) is 11.9 Å². The van der Waals surface area contributed by atoms with Crippen molar-refractivity contribution in [2.45, 2.75) is 32.1 Å². The molecule has 1 aliphatic heterocycles. The summed E-state index contributed by atoms with van der Waals surface area (Å²) in [6.45, 7) is 2.24. The number of alkyl halides is 3. The molecule has 0 spiro atoms. The molecule has 1 aromatic rings. The molecule has 0 radical (unpaired) electrons. The van der Waals surface area contributed by atoms with Gasteiger partial charge in [0, 0.05) is 6.54 Å². The molecule has 1 aliphatic rings. The Hall–Kier alpha value is -1.63. The van der Waals surface area contributed by atoms with Crippen LogP contribution in [0.25, 0.3) is 0 Å². The van der Waals surface area contributed by atoms with Crippen LogP contribution >= 0.6 is 0 Å². The average molecular weight is 305 g/mol. The van der Waals surface area contributed by atoms with Gasteiger partial charge in [-0.1, -0.05) is 6.92 Å². The van der Waals surface area contributed by atoms with Crippen LogP contribution < -0.4 is 0 Å². The lowest BCUT2D eigenvalue weighted by atomic mass is 10.0. The van der Waals surface area contributed by atoms with Gasteiger partial charge in [0.05, 0.1) is 5.56 Å². The predicted octanol–water partition coefficient (Wildman–Crippen LogP) is 3.14. The molecular formula is C14H15F4NO2. The number of halogens is 4. The third-order valence-corrected chi connectivity index (χ3v) is 3.73. The van der Waals surface area contributed by atoms with Crippen molar-refractivity contribution in [1.82, 2.24) is 4.90 Å². The van der Waals surface area contributed by atoms with E-state index in [0.717, 1.165) is 12.1 Å². The van der Waals surface area contributed by atoms with Crippen LogP contribution in [0.5, 0.6) is 0 Å². The largest absolute Gasteiger partial charge is 0.480 e. The van der Waals surface area contributed by atoms with Crippen LogP contribution in [-0.2, 0) is 17.5 Å². The molecule has 116 valence electrons. The predicted molar refractivity (Wildman–Crippen MR) is 67.0 cm³/mol. The van der Waals surface area contributed by atoms with Crippen molar-refractivity contribution >= 4 is 5.97 Å². The molecule has 2 rings (SSSR count). The van der Waals surface area contributed by atoms with E-state index in [1.807, 2.05) is 0 Å². The van der Waals surface area contributed by atoms with Crippen LogP contribution in [0.15, 0.2) is 18.2 Å². The number of carboxylic acid groups (broad SMARTS) is 1. The molecular weight excluding hydrogens is 290 g/mol. The number of hydrogen-bond acceptors (Lipinski definition) is 2. The van der Waals surface area contributed by atoms with Gasteiger partial charge in [-0.05, 0) is 42.6 Å². The van der Waals surface area contributed by atoms with Gasteiger partial charge in [-0.15, -0.1) is 0 Å². The van der Waals surface area contributed by atoms with E-state index >= 15 is 0 Å². The van der Waals surface area contributed by atoms with E-state index in [2.05, 4.69) is 0 Å². The average Bonchev–Trinajstić information content (AvgIpc) is 2.68. The highest BCUT2D eigenvalue weighted by Gasteiger charge is 2.37. The topological polar surface area (TPSA) is 40.5 Å². The SMILES string of the molecule is CC1CCN(Cc2cc(F)cc(C(F)(F)F)c2)C1C(=O)O. The zero-order valence-electron chi connectivity index (χ0n) is 11.3. The maximum Gasteiger partial charge on any atom is 0.416 e. The Kier molecular flexibility index (Phi) is 4.22. The second-order valence-corrected chi connectivity index (χ2v) is 5.37. The number of carbonyl (C=O) groups is 1. The fourth-order valence-electron chi connectivity index (χ4n) is 2.74. The first-order chi connectivity index (χ1) is 9.68. The Morgan fingerprint density at radius 3 is 2.62 bits per heavy atom. The Bertz CT molecular complexity index is 544. The van der Waals surface area contributed by atoms with E-state index in [0.29, 0.717) is 19.0 Å². The summed E-state index contributed by atoms with van der Waals surface area (Å²) in [7, 11) is 0. The number of aliphatic carboxylic acids is 1. The van der Waals surface area contributed by atoms with Crippen LogP contribution in [0, 0.1) is 11.7 Å². The Morgan fingerprint density at radius 2 is 2.05 bits per heavy atom. The zero-order chi connectivity index (χ0) is 15.8. The van der Waals surface area contributed by atoms with Crippen LogP contribution in [0.4, 0.5) is 17.6 Å². The lowest BCUT2D eigenvalue weighted by Gasteiger charge is -2.23. The first-order valence-electron chi connectivity index (χ1n) is 6.52. The van der Waals surface area contributed by atoms with Crippen LogP contribution in [0.2, 0.25) is 0 Å². The van der Waals surface area contributed by atoms with Crippen LogP contribution in [-0.4, -0.2) is 28.6 Å². The van der Waals surface area contributed by atoms with Crippen molar-refractivity contribution in [3.05, 3.63) is 35.1 Å². The van der Waals surface area contributed by atoms with E-state index in [4.69, 9.17) is 0 Å². The Labute approximate surface area is 119 Å². The highest BCUT2D eigenvalue weighted by Crippen LogP contribution is 2.32. The number of hydrogen-bond donors (Lipinski definition) is 1. The third kappa shape index (κ3) is 3.53. The second kappa shape index (κ2) is 5.63. The maximum atomic E-state index is 13.3. The molecule has 7 heteroatoms. The van der Waals surface area contributed by atoms with E-state index in [1.54, 1.807) is 11.8 Å². The molecule has 1 heterocycles. The standard InChI is InChI=1S/C14H15F4NO2/c1-8-2-3-19(12(8)13(20)21)7-9-4-10(14(16,17)18)6-11(15)5-9/h4-6,8,12H,2-3,7H2,1H3,(H,20,21). The lowest BCUT2D eigenvalue weighted by Crippen LogP contribution is -2.38. The van der Waals surface area contributed by atoms with Gasteiger partial charge >= 0.3 is 12.1 Å². The molecule has 2 atom stereocenters. The molecule has 1 fully saturated rings. The van der Waals surface area contributed by atoms with Crippen molar-refractivity contribution in [2.24, 2.45) is 5.92 Å². The quantitative estimate of drug-likeness (QED) is 0.872. The number of likely N-dealkylation sites (tertiary alicyclic amines) is 1. The van der Waals surface area contributed by atoms with Gasteiger partial charge < -0.3 is 5.11 Å². The summed E-state index contributed by atoms with van der Waals surface area (Å²) in [5.41, 5.74) is -0.931. The number of rotatable bonds is 3. The molecule has 3 nitrogen and oxygen atoms in total. The molecule has 0 aliphatic carbocycles. The molecule has 0 saturated carbocycles. The van der Waals surface area contributed by atoms with Gasteiger partial charge in [-0.3, -0.25) is 9.69 Å². The fraction of sp³-hybridized carbons (Fsp3) is 0.500. The molecule has 0 bridgehead atoms. The van der Waals surface area contributed by atoms with Gasteiger partial charge in [-0.25, -0.2) is 4.39 Å². The van der Waals surface area contributed by atoms with Crippen molar-refractivity contribution in [3.8, 4) is 0 Å². The summed E-state index contributed by atoms with van der Waals surface area (Å²) in [5, 5.41) is 9.17. The summed E-state index contributed by atoms with van der Waals surface area (Å²) in [5.74, 6) is -2.07.